The van der Waals surface area contributed by atoms with Gasteiger partial charge in [0.2, 0.25) is 0 Å². The minimum atomic E-state index is 0.146. The van der Waals surface area contributed by atoms with Crippen molar-refractivity contribution in [1.29, 1.82) is 0 Å². The van der Waals surface area contributed by atoms with Crippen molar-refractivity contribution in [3.8, 4) is 17.1 Å². The number of aldehydes is 1. The number of H-pyrrole nitrogens is 1. The van der Waals surface area contributed by atoms with Crippen LogP contribution in [0.1, 0.15) is 56.7 Å². The van der Waals surface area contributed by atoms with Crippen LogP contribution < -0.4 is 10.1 Å². The molecule has 0 fully saturated rings. The number of hydrogen-bond donors (Lipinski definition) is 2. The lowest BCUT2D eigenvalue weighted by Gasteiger charge is -2.36. The lowest BCUT2D eigenvalue weighted by molar-refractivity contribution is -0.110. The molecule has 1 aromatic heterocycles. The highest BCUT2D eigenvalue weighted by molar-refractivity contribution is 5.73. The van der Waals surface area contributed by atoms with Gasteiger partial charge in [0.1, 0.15) is 6.29 Å². The molecule has 35 heavy (non-hydrogen) atoms. The van der Waals surface area contributed by atoms with E-state index >= 15 is 0 Å². The number of fused-ring (bicyclic) bond motifs is 1. The number of ether oxygens (including phenoxy) is 1. The summed E-state index contributed by atoms with van der Waals surface area (Å²) < 4.78 is 5.61. The Morgan fingerprint density at radius 1 is 1.14 bits per heavy atom. The van der Waals surface area contributed by atoms with Crippen LogP contribution in [0.15, 0.2) is 48.5 Å². The second kappa shape index (κ2) is 11.6. The van der Waals surface area contributed by atoms with E-state index in [0.29, 0.717) is 12.6 Å². The van der Waals surface area contributed by atoms with Gasteiger partial charge in [0.15, 0.2) is 5.88 Å². The second-order valence-corrected chi connectivity index (χ2v) is 9.74. The number of rotatable bonds is 11. The molecule has 0 saturated carbocycles. The molecule has 3 aromatic rings. The van der Waals surface area contributed by atoms with Crippen molar-refractivity contribution in [2.24, 2.45) is 5.92 Å². The average Bonchev–Trinajstić information content (AvgIpc) is 3.34. The van der Waals surface area contributed by atoms with Crippen LogP contribution in [0.3, 0.4) is 0 Å². The lowest BCUT2D eigenvalue weighted by Crippen LogP contribution is -2.39. The minimum Gasteiger partial charge on any atom is -0.479 e. The molecule has 0 amide bonds. The third-order valence-corrected chi connectivity index (χ3v) is 7.24. The molecule has 2 atom stereocenters. The summed E-state index contributed by atoms with van der Waals surface area (Å²) in [7, 11) is 0. The van der Waals surface area contributed by atoms with E-state index in [2.05, 4.69) is 71.5 Å². The lowest BCUT2D eigenvalue weighted by atomic mass is 9.93. The van der Waals surface area contributed by atoms with Crippen LogP contribution in [0.5, 0.6) is 5.88 Å². The summed E-state index contributed by atoms with van der Waals surface area (Å²) in [6.07, 6.45) is 5.29. The summed E-state index contributed by atoms with van der Waals surface area (Å²) in [6.45, 7) is 11.1. The van der Waals surface area contributed by atoms with Gasteiger partial charge in [-0.25, -0.2) is 0 Å². The number of nitrogens with zero attached hydrogens (tertiary/aromatic N) is 1. The Morgan fingerprint density at radius 3 is 2.77 bits per heavy atom. The van der Waals surface area contributed by atoms with Gasteiger partial charge >= 0.3 is 0 Å². The first-order valence-electron chi connectivity index (χ1n) is 13.0. The van der Waals surface area contributed by atoms with Gasteiger partial charge in [-0.15, -0.1) is 0 Å². The van der Waals surface area contributed by atoms with Crippen LogP contribution in [-0.4, -0.2) is 35.4 Å². The number of carbonyl (C=O) groups is 1. The Kier molecular flexibility index (Phi) is 8.29. The summed E-state index contributed by atoms with van der Waals surface area (Å²) in [6, 6.07) is 17.8. The van der Waals surface area contributed by atoms with Crippen LogP contribution in [0, 0.1) is 12.8 Å². The molecule has 1 aliphatic rings. The summed E-state index contributed by atoms with van der Waals surface area (Å²) in [5, 5.41) is 3.70. The first-order valence-corrected chi connectivity index (χ1v) is 13.0. The highest BCUT2D eigenvalue weighted by atomic mass is 16.5. The van der Waals surface area contributed by atoms with Crippen LogP contribution in [0.4, 0.5) is 11.4 Å². The van der Waals surface area contributed by atoms with Gasteiger partial charge in [-0.1, -0.05) is 32.0 Å². The number of nitrogens with one attached hydrogen (secondary N) is 2. The van der Waals surface area contributed by atoms with Crippen molar-refractivity contribution in [3.05, 3.63) is 65.2 Å². The Hall–Kier alpha value is -3.05. The van der Waals surface area contributed by atoms with Crippen LogP contribution in [-0.2, 0) is 17.8 Å². The molecule has 1 aliphatic heterocycles. The molecular weight excluding hydrogens is 434 g/mol. The first kappa shape index (κ1) is 25.1. The van der Waals surface area contributed by atoms with Gasteiger partial charge in [-0.2, -0.15) is 0 Å². The van der Waals surface area contributed by atoms with Crippen molar-refractivity contribution < 1.29 is 9.53 Å². The summed E-state index contributed by atoms with van der Waals surface area (Å²) in [5.41, 5.74) is 8.56. The zero-order chi connectivity index (χ0) is 24.8. The summed E-state index contributed by atoms with van der Waals surface area (Å²) in [5.74, 6) is 0.945. The highest BCUT2D eigenvalue weighted by Gasteiger charge is 2.24. The van der Waals surface area contributed by atoms with Crippen LogP contribution in [0.25, 0.3) is 11.3 Å². The normalized spacial score (nSPS) is 15.3. The molecule has 4 rings (SSSR count). The van der Waals surface area contributed by atoms with E-state index in [0.717, 1.165) is 62.3 Å². The molecule has 0 radical (unpaired) electrons. The van der Waals surface area contributed by atoms with Gasteiger partial charge in [-0.3, -0.25) is 4.90 Å². The Labute approximate surface area is 209 Å². The Bertz CT molecular complexity index is 1140. The Balaban J connectivity index is 1.50. The fourth-order valence-electron chi connectivity index (χ4n) is 5.15. The first-order chi connectivity index (χ1) is 17.0. The zero-order valence-corrected chi connectivity index (χ0v) is 21.6. The topological polar surface area (TPSA) is 57.4 Å². The molecule has 2 aromatic carbocycles. The third-order valence-electron chi connectivity index (χ3n) is 7.24. The van der Waals surface area contributed by atoms with Gasteiger partial charge < -0.3 is 19.8 Å². The molecule has 2 heterocycles. The Morgan fingerprint density at radius 2 is 2.00 bits per heavy atom. The van der Waals surface area contributed by atoms with E-state index in [1.165, 1.54) is 27.9 Å². The smallest absolute Gasteiger partial charge is 0.191 e. The van der Waals surface area contributed by atoms with Gasteiger partial charge in [-0.05, 0) is 80.5 Å². The molecule has 0 aliphatic carbocycles. The van der Waals surface area contributed by atoms with Crippen LogP contribution >= 0.6 is 0 Å². The van der Waals surface area contributed by atoms with Gasteiger partial charge in [0, 0.05) is 53.7 Å². The largest absolute Gasteiger partial charge is 0.479 e. The molecule has 0 saturated heterocycles. The summed E-state index contributed by atoms with van der Waals surface area (Å²) >= 11 is 0. The molecule has 5 heteroatoms. The standard InChI is InChI=1S/C30H39N3O2/c1-5-25(13-10-21(3)20-34)33-17-16-26-23(19-33)8-7-9-28(26)31-24-12-11-22(4)27(18-24)29-14-15-30(32-29)35-6-2/h7-9,11-12,14-15,18,20-21,25,31-32H,5-6,10,13,16-17,19H2,1-4H3. The average molecular weight is 474 g/mol. The number of hydrogen-bond acceptors (Lipinski definition) is 4. The maximum Gasteiger partial charge on any atom is 0.191 e. The molecule has 2 unspecified atom stereocenters. The van der Waals surface area contributed by atoms with E-state index in [1.807, 2.05) is 19.9 Å². The fourth-order valence-corrected chi connectivity index (χ4v) is 5.15. The summed E-state index contributed by atoms with van der Waals surface area (Å²) in [4.78, 5) is 17.0. The number of benzene rings is 2. The van der Waals surface area contributed by atoms with Gasteiger partial charge in [0.05, 0.1) is 6.61 Å². The van der Waals surface area contributed by atoms with E-state index < -0.39 is 0 Å². The van der Waals surface area contributed by atoms with Crippen molar-refractivity contribution >= 4 is 17.7 Å². The number of aromatic amines is 1. The van der Waals surface area contributed by atoms with E-state index in [-0.39, 0.29) is 5.92 Å². The maximum absolute atomic E-state index is 11.1. The molecule has 2 N–H and O–H groups in total. The van der Waals surface area contributed by atoms with Crippen molar-refractivity contribution in [3.63, 3.8) is 0 Å². The van der Waals surface area contributed by atoms with E-state index in [4.69, 9.17) is 4.74 Å². The fraction of sp³-hybridized carbons (Fsp3) is 0.433. The highest BCUT2D eigenvalue weighted by Crippen LogP contribution is 2.33. The molecule has 5 nitrogen and oxygen atoms in total. The number of aryl methyl sites for hydroxylation is 1. The monoisotopic (exact) mass is 473 g/mol. The number of aromatic nitrogens is 1. The molecule has 186 valence electrons. The maximum atomic E-state index is 11.1. The predicted octanol–water partition coefficient (Wildman–Crippen LogP) is 6.88. The van der Waals surface area contributed by atoms with Crippen molar-refractivity contribution in [2.45, 2.75) is 66.0 Å². The molecule has 0 spiro atoms. The predicted molar refractivity (Wildman–Crippen MR) is 145 cm³/mol. The second-order valence-electron chi connectivity index (χ2n) is 9.74. The van der Waals surface area contributed by atoms with E-state index in [9.17, 15) is 4.79 Å². The number of carbonyl (C=O) groups excluding carboxylic acids is 1. The third kappa shape index (κ3) is 5.96. The molecule has 0 bridgehead atoms. The zero-order valence-electron chi connectivity index (χ0n) is 21.6. The molecular formula is C30H39N3O2. The van der Waals surface area contributed by atoms with Crippen molar-refractivity contribution in [1.82, 2.24) is 9.88 Å². The van der Waals surface area contributed by atoms with E-state index in [1.54, 1.807) is 0 Å². The number of anilines is 2. The quantitative estimate of drug-likeness (QED) is 0.298. The minimum absolute atomic E-state index is 0.146. The van der Waals surface area contributed by atoms with Crippen molar-refractivity contribution in [2.75, 3.05) is 18.5 Å². The van der Waals surface area contributed by atoms with Gasteiger partial charge in [0.25, 0.3) is 0 Å². The van der Waals surface area contributed by atoms with Crippen LogP contribution in [0.2, 0.25) is 0 Å². The SMILES string of the molecule is CCOc1ccc(-c2cc(Nc3cccc4c3CCN(C(CC)CCC(C)C=O)C4)ccc2C)[nH]1.